The molecule has 0 atom stereocenters. The number of hydrogen-bond donors (Lipinski definition) is 1. The number of nitrogens with one attached hydrogen (secondary N) is 1. The smallest absolute Gasteiger partial charge is 0.410 e. The van der Waals surface area contributed by atoms with Crippen LogP contribution in [0.4, 0.5) is 4.79 Å². The van der Waals surface area contributed by atoms with Crippen LogP contribution in [0.25, 0.3) is 0 Å². The van der Waals surface area contributed by atoms with E-state index in [4.69, 9.17) is 9.47 Å². The third kappa shape index (κ3) is 2.28. The van der Waals surface area contributed by atoms with Crippen molar-refractivity contribution < 1.29 is 19.1 Å². The first-order valence-corrected chi connectivity index (χ1v) is 9.48. The quantitative estimate of drug-likeness (QED) is 0.838. The average Bonchev–Trinajstić information content (AvgIpc) is 2.88. The molecule has 5 fully saturated rings. The monoisotopic (exact) mass is 356 g/mol. The van der Waals surface area contributed by atoms with Crippen molar-refractivity contribution in [2.75, 3.05) is 19.6 Å². The molecule has 2 saturated heterocycles. The summed E-state index contributed by atoms with van der Waals surface area (Å²) in [5.74, 6) is -0.118. The number of benzene rings is 1. The largest absolute Gasteiger partial charge is 0.460 e. The number of nitrogens with zero attached hydrogens (tertiary/aromatic N) is 1. The SMILES string of the molecule is O=C1OC2(CCNCC2)CN1C12CC(C(=O)OCc3ccccc3)(C1)C2. The molecule has 26 heavy (non-hydrogen) atoms. The summed E-state index contributed by atoms with van der Waals surface area (Å²) in [5, 5.41) is 3.32. The van der Waals surface area contributed by atoms with Crippen LogP contribution in [0.3, 0.4) is 0 Å². The molecule has 138 valence electrons. The minimum atomic E-state index is -0.376. The molecule has 2 aliphatic heterocycles. The van der Waals surface area contributed by atoms with Crippen molar-refractivity contribution in [3.8, 4) is 0 Å². The lowest BCUT2D eigenvalue weighted by molar-refractivity contribution is -0.226. The van der Waals surface area contributed by atoms with Crippen molar-refractivity contribution in [1.29, 1.82) is 0 Å². The van der Waals surface area contributed by atoms with E-state index in [1.165, 1.54) is 0 Å². The van der Waals surface area contributed by atoms with Gasteiger partial charge in [-0.1, -0.05) is 30.3 Å². The maximum Gasteiger partial charge on any atom is 0.410 e. The molecule has 6 nitrogen and oxygen atoms in total. The summed E-state index contributed by atoms with van der Waals surface area (Å²) < 4.78 is 11.3. The Morgan fingerprint density at radius 1 is 1.15 bits per heavy atom. The highest BCUT2D eigenvalue weighted by Gasteiger charge is 2.77. The van der Waals surface area contributed by atoms with Crippen LogP contribution in [0.15, 0.2) is 30.3 Å². The summed E-state index contributed by atoms with van der Waals surface area (Å²) >= 11 is 0. The third-order valence-electron chi connectivity index (χ3n) is 6.71. The predicted molar refractivity (Wildman–Crippen MR) is 93.3 cm³/mol. The highest BCUT2D eigenvalue weighted by Crippen LogP contribution is 2.71. The molecule has 0 radical (unpaired) electrons. The van der Waals surface area contributed by atoms with Crippen molar-refractivity contribution in [2.24, 2.45) is 5.41 Å². The van der Waals surface area contributed by atoms with Gasteiger partial charge in [0, 0.05) is 18.4 Å². The summed E-state index contributed by atoms with van der Waals surface area (Å²) in [7, 11) is 0. The molecular formula is C20H24N2O4. The van der Waals surface area contributed by atoms with E-state index in [-0.39, 0.29) is 28.6 Å². The normalized spacial score (nSPS) is 34.0. The Morgan fingerprint density at radius 2 is 1.85 bits per heavy atom. The molecule has 1 aromatic rings. The zero-order chi connectivity index (χ0) is 17.8. The summed E-state index contributed by atoms with van der Waals surface area (Å²) in [6.45, 7) is 2.77. The molecule has 3 saturated carbocycles. The molecule has 1 N–H and O–H groups in total. The van der Waals surface area contributed by atoms with Crippen molar-refractivity contribution in [1.82, 2.24) is 10.2 Å². The van der Waals surface area contributed by atoms with Gasteiger partial charge in [-0.2, -0.15) is 0 Å². The van der Waals surface area contributed by atoms with E-state index >= 15 is 0 Å². The van der Waals surface area contributed by atoms with Gasteiger partial charge in [-0.3, -0.25) is 9.69 Å². The standard InChI is InChI=1S/C20H24N2O4/c23-16(25-10-15-4-2-1-3-5-15)18-11-19(12-18,13-18)22-14-20(26-17(22)24)6-8-21-9-7-20/h1-5,21H,6-14H2. The molecule has 1 aromatic carbocycles. The Labute approximate surface area is 152 Å². The summed E-state index contributed by atoms with van der Waals surface area (Å²) in [6, 6.07) is 9.73. The van der Waals surface area contributed by atoms with Gasteiger partial charge in [-0.05, 0) is 37.9 Å². The zero-order valence-electron chi connectivity index (χ0n) is 14.8. The van der Waals surface area contributed by atoms with Crippen LogP contribution in [0.2, 0.25) is 0 Å². The predicted octanol–water partition coefficient (Wildman–Crippen LogP) is 2.23. The fourth-order valence-electron chi connectivity index (χ4n) is 5.24. The first kappa shape index (κ1) is 16.1. The highest BCUT2D eigenvalue weighted by atomic mass is 16.6. The molecule has 0 aromatic heterocycles. The second-order valence-electron chi connectivity index (χ2n) is 8.48. The lowest BCUT2D eigenvalue weighted by Gasteiger charge is -2.70. The second kappa shape index (κ2) is 5.46. The van der Waals surface area contributed by atoms with Gasteiger partial charge in [0.1, 0.15) is 12.2 Å². The highest BCUT2D eigenvalue weighted by molar-refractivity contribution is 5.84. The minimum Gasteiger partial charge on any atom is -0.460 e. The van der Waals surface area contributed by atoms with E-state index in [2.05, 4.69) is 5.32 Å². The zero-order valence-corrected chi connectivity index (χ0v) is 14.8. The number of hydrogen-bond acceptors (Lipinski definition) is 5. The first-order valence-electron chi connectivity index (χ1n) is 9.48. The van der Waals surface area contributed by atoms with Crippen LogP contribution in [0.1, 0.15) is 37.7 Å². The number of carbonyl (C=O) groups is 2. The van der Waals surface area contributed by atoms with Crippen molar-refractivity contribution in [3.63, 3.8) is 0 Å². The molecule has 2 bridgehead atoms. The molecule has 2 heterocycles. The second-order valence-corrected chi connectivity index (χ2v) is 8.48. The van der Waals surface area contributed by atoms with Crippen LogP contribution in [0, 0.1) is 5.41 Å². The Bertz CT molecular complexity index is 722. The number of piperidine rings is 1. The Morgan fingerprint density at radius 3 is 2.54 bits per heavy atom. The summed E-state index contributed by atoms with van der Waals surface area (Å²) in [5.41, 5.74) is 0.132. The molecule has 6 heteroatoms. The average molecular weight is 356 g/mol. The maximum absolute atomic E-state index is 12.5. The molecule has 6 rings (SSSR count). The van der Waals surface area contributed by atoms with Gasteiger partial charge in [0.25, 0.3) is 0 Å². The molecule has 1 amide bonds. The van der Waals surface area contributed by atoms with Crippen molar-refractivity contribution in [2.45, 2.75) is 49.9 Å². The van der Waals surface area contributed by atoms with Crippen LogP contribution >= 0.6 is 0 Å². The van der Waals surface area contributed by atoms with Gasteiger partial charge < -0.3 is 14.8 Å². The topological polar surface area (TPSA) is 67.9 Å². The first-order chi connectivity index (χ1) is 12.6. The van der Waals surface area contributed by atoms with Gasteiger partial charge in [0.05, 0.1) is 12.0 Å². The molecule has 3 aliphatic carbocycles. The van der Waals surface area contributed by atoms with Crippen LogP contribution in [-0.2, 0) is 20.9 Å². The fourth-order valence-corrected chi connectivity index (χ4v) is 5.24. The lowest BCUT2D eigenvalue weighted by Crippen LogP contribution is -2.77. The number of ether oxygens (including phenoxy) is 2. The van der Waals surface area contributed by atoms with E-state index in [0.717, 1.165) is 50.8 Å². The number of carbonyl (C=O) groups excluding carboxylic acids is 2. The number of rotatable bonds is 4. The Kier molecular flexibility index (Phi) is 3.38. The van der Waals surface area contributed by atoms with Crippen LogP contribution in [0.5, 0.6) is 0 Å². The molecule has 1 spiro atoms. The summed E-state index contributed by atoms with van der Waals surface area (Å²) in [6.07, 6.45) is 3.70. The van der Waals surface area contributed by atoms with Gasteiger partial charge in [0.15, 0.2) is 0 Å². The molecule has 5 aliphatic rings. The number of amides is 1. The van der Waals surface area contributed by atoms with E-state index in [1.54, 1.807) is 0 Å². The van der Waals surface area contributed by atoms with Crippen molar-refractivity contribution in [3.05, 3.63) is 35.9 Å². The van der Waals surface area contributed by atoms with E-state index in [1.807, 2.05) is 35.2 Å². The van der Waals surface area contributed by atoms with Gasteiger partial charge in [-0.15, -0.1) is 0 Å². The Balaban J connectivity index is 1.19. The van der Waals surface area contributed by atoms with Gasteiger partial charge in [-0.25, -0.2) is 4.79 Å². The molecular weight excluding hydrogens is 332 g/mol. The van der Waals surface area contributed by atoms with E-state index in [0.29, 0.717) is 13.2 Å². The van der Waals surface area contributed by atoms with Crippen LogP contribution < -0.4 is 5.32 Å². The van der Waals surface area contributed by atoms with E-state index < -0.39 is 0 Å². The lowest BCUT2D eigenvalue weighted by atomic mass is 9.38. The maximum atomic E-state index is 12.5. The Hall–Kier alpha value is -2.08. The molecule has 0 unspecified atom stereocenters. The van der Waals surface area contributed by atoms with Crippen LogP contribution in [-0.4, -0.2) is 47.7 Å². The summed E-state index contributed by atoms with van der Waals surface area (Å²) in [4.78, 5) is 26.9. The minimum absolute atomic E-state index is 0.118. The number of esters is 1. The van der Waals surface area contributed by atoms with Gasteiger partial charge >= 0.3 is 12.1 Å². The van der Waals surface area contributed by atoms with Crippen molar-refractivity contribution >= 4 is 12.1 Å². The van der Waals surface area contributed by atoms with Gasteiger partial charge in [0.2, 0.25) is 0 Å². The third-order valence-corrected chi connectivity index (χ3v) is 6.71. The van der Waals surface area contributed by atoms with E-state index in [9.17, 15) is 9.59 Å². The fraction of sp³-hybridized carbons (Fsp3) is 0.600.